The van der Waals surface area contributed by atoms with Crippen LogP contribution in [0.25, 0.3) is 0 Å². The first-order chi connectivity index (χ1) is 13.4. The van der Waals surface area contributed by atoms with Crippen LogP contribution in [0.1, 0.15) is 46.0 Å². The lowest BCUT2D eigenvalue weighted by Gasteiger charge is -2.58. The average Bonchev–Trinajstić information content (AvgIpc) is 2.62. The zero-order valence-electron chi connectivity index (χ0n) is 17.7. The van der Waals surface area contributed by atoms with E-state index in [4.69, 9.17) is 0 Å². The summed E-state index contributed by atoms with van der Waals surface area (Å²) in [5.41, 5.74) is -1.13. The van der Waals surface area contributed by atoms with Crippen molar-refractivity contribution in [1.82, 2.24) is 9.62 Å². The van der Waals surface area contributed by atoms with E-state index in [2.05, 4.69) is 5.32 Å². The molecule has 6 nitrogen and oxygen atoms in total. The van der Waals surface area contributed by atoms with Crippen molar-refractivity contribution in [2.24, 2.45) is 17.8 Å². The number of carbonyl (C=O) groups excluding carboxylic acids is 1. The Kier molecular flexibility index (Phi) is 4.91. The smallest absolute Gasteiger partial charge is 0.243 e. The Morgan fingerprint density at radius 2 is 1.79 bits per heavy atom. The maximum atomic E-state index is 13.3. The van der Waals surface area contributed by atoms with E-state index in [0.717, 1.165) is 32.1 Å². The van der Waals surface area contributed by atoms with Crippen LogP contribution in [0.4, 0.5) is 0 Å². The highest BCUT2D eigenvalue weighted by molar-refractivity contribution is 7.89. The van der Waals surface area contributed by atoms with E-state index in [1.54, 1.807) is 46.0 Å². The summed E-state index contributed by atoms with van der Waals surface area (Å²) >= 11 is 0. The number of hydrogen-bond acceptors (Lipinski definition) is 4. The van der Waals surface area contributed by atoms with Gasteiger partial charge in [0.2, 0.25) is 15.9 Å². The third-order valence-corrected chi connectivity index (χ3v) is 9.80. The molecule has 0 aliphatic heterocycles. The van der Waals surface area contributed by atoms with Crippen LogP contribution in [0.5, 0.6) is 0 Å². The molecule has 1 aromatic carbocycles. The average molecular weight is 418 g/mol. The van der Waals surface area contributed by atoms with Crippen LogP contribution in [0, 0.1) is 17.8 Å². The van der Waals surface area contributed by atoms with Crippen LogP contribution < -0.4 is 10.8 Å². The number of aliphatic hydroxyl groups is 1. The standard InChI is InChI=1S/C21H31BN2O4S/c1-20(2,24(3)29(27,28)17-7-5-4-6-16(17)22)19(25)23-18-14-8-13-9-15(18)12-21(26,10-13)11-14/h4-7,13-15,18,26H,8-12,22H2,1-3H3,(H,23,25). The van der Waals surface area contributed by atoms with Gasteiger partial charge in [0.05, 0.1) is 10.5 Å². The minimum absolute atomic E-state index is 0.0214. The molecular weight excluding hydrogens is 387 g/mol. The van der Waals surface area contributed by atoms with Crippen molar-refractivity contribution in [3.05, 3.63) is 24.3 Å². The van der Waals surface area contributed by atoms with Crippen LogP contribution in [-0.2, 0) is 14.8 Å². The fourth-order valence-electron chi connectivity index (χ4n) is 5.98. The Balaban J connectivity index is 1.53. The van der Waals surface area contributed by atoms with Crippen molar-refractivity contribution in [2.45, 2.75) is 68.0 Å². The minimum Gasteiger partial charge on any atom is -0.390 e. The monoisotopic (exact) mass is 418 g/mol. The van der Waals surface area contributed by atoms with E-state index in [9.17, 15) is 18.3 Å². The maximum Gasteiger partial charge on any atom is 0.243 e. The van der Waals surface area contributed by atoms with Crippen molar-refractivity contribution in [3.8, 4) is 0 Å². The molecule has 2 atom stereocenters. The molecule has 1 aromatic rings. The number of likely N-dealkylation sites (N-methyl/N-ethyl adjacent to an activating group) is 1. The molecule has 0 radical (unpaired) electrons. The van der Waals surface area contributed by atoms with Crippen LogP contribution in [0.15, 0.2) is 29.2 Å². The predicted octanol–water partition coefficient (Wildman–Crippen LogP) is 0.400. The van der Waals surface area contributed by atoms with E-state index < -0.39 is 21.2 Å². The molecule has 2 N–H and O–H groups in total. The number of sulfonamides is 1. The lowest BCUT2D eigenvalue weighted by atomic mass is 9.52. The lowest BCUT2D eigenvalue weighted by Crippen LogP contribution is -2.65. The number of carbonyl (C=O) groups is 1. The zero-order valence-corrected chi connectivity index (χ0v) is 18.5. The van der Waals surface area contributed by atoms with Crippen molar-refractivity contribution in [1.29, 1.82) is 0 Å². The van der Waals surface area contributed by atoms with Gasteiger partial charge in [0.15, 0.2) is 0 Å². The van der Waals surface area contributed by atoms with Gasteiger partial charge in [0, 0.05) is 13.1 Å². The van der Waals surface area contributed by atoms with Gasteiger partial charge in [-0.15, -0.1) is 0 Å². The van der Waals surface area contributed by atoms with Crippen LogP contribution >= 0.6 is 0 Å². The fourth-order valence-corrected chi connectivity index (χ4v) is 7.69. The topological polar surface area (TPSA) is 86.7 Å². The summed E-state index contributed by atoms with van der Waals surface area (Å²) in [6.07, 6.45) is 4.46. The number of nitrogens with zero attached hydrogens (tertiary/aromatic N) is 1. The molecule has 0 heterocycles. The van der Waals surface area contributed by atoms with E-state index >= 15 is 0 Å². The molecule has 4 aliphatic rings. The summed E-state index contributed by atoms with van der Waals surface area (Å²) < 4.78 is 27.6. The number of rotatable bonds is 5. The molecule has 2 unspecified atom stereocenters. The molecule has 0 saturated heterocycles. The van der Waals surface area contributed by atoms with Crippen molar-refractivity contribution in [2.75, 3.05) is 7.05 Å². The Bertz CT molecular complexity index is 916. The fraction of sp³-hybridized carbons (Fsp3) is 0.667. The van der Waals surface area contributed by atoms with Gasteiger partial charge in [0.1, 0.15) is 13.4 Å². The molecule has 4 fully saturated rings. The molecule has 1 amide bonds. The van der Waals surface area contributed by atoms with Crippen molar-refractivity contribution in [3.63, 3.8) is 0 Å². The second kappa shape index (κ2) is 6.82. The van der Waals surface area contributed by atoms with Crippen LogP contribution in [0.2, 0.25) is 0 Å². The summed E-state index contributed by atoms with van der Waals surface area (Å²) in [6, 6.07) is 6.85. The van der Waals surface area contributed by atoms with Gasteiger partial charge in [-0.25, -0.2) is 8.42 Å². The van der Waals surface area contributed by atoms with E-state index in [0.29, 0.717) is 11.4 Å². The van der Waals surface area contributed by atoms with Crippen LogP contribution in [-0.4, -0.2) is 55.8 Å². The Labute approximate surface area is 174 Å². The van der Waals surface area contributed by atoms with Crippen molar-refractivity contribution >= 4 is 29.2 Å². The summed E-state index contributed by atoms with van der Waals surface area (Å²) in [5, 5.41) is 13.9. The minimum atomic E-state index is -3.81. The Morgan fingerprint density at radius 3 is 2.34 bits per heavy atom. The van der Waals surface area contributed by atoms with Gasteiger partial charge in [-0.2, -0.15) is 4.31 Å². The summed E-state index contributed by atoms with van der Waals surface area (Å²) in [7, 11) is -0.581. The second-order valence-electron chi connectivity index (χ2n) is 9.99. The number of amides is 1. The molecule has 4 bridgehead atoms. The highest BCUT2D eigenvalue weighted by Gasteiger charge is 2.55. The Morgan fingerprint density at radius 1 is 1.21 bits per heavy atom. The summed E-state index contributed by atoms with van der Waals surface area (Å²) in [6.45, 7) is 3.31. The summed E-state index contributed by atoms with van der Waals surface area (Å²) in [5.74, 6) is 0.845. The van der Waals surface area contributed by atoms with Gasteiger partial charge < -0.3 is 10.4 Å². The predicted molar refractivity (Wildman–Crippen MR) is 114 cm³/mol. The third kappa shape index (κ3) is 3.43. The number of nitrogens with one attached hydrogen (secondary N) is 1. The van der Waals surface area contributed by atoms with Crippen LogP contribution in [0.3, 0.4) is 0 Å². The molecule has 8 heteroatoms. The highest BCUT2D eigenvalue weighted by atomic mass is 32.2. The SMILES string of the molecule is Bc1ccccc1S(=O)(=O)N(C)C(C)(C)C(=O)NC1C2CC3CC1CC(O)(C3)C2. The quantitative estimate of drug-likeness (QED) is 0.678. The lowest BCUT2D eigenvalue weighted by molar-refractivity contribution is -0.149. The largest absolute Gasteiger partial charge is 0.390 e. The van der Waals surface area contributed by atoms with Gasteiger partial charge in [-0.1, -0.05) is 23.7 Å². The first-order valence-electron chi connectivity index (χ1n) is 10.5. The third-order valence-electron chi connectivity index (χ3n) is 7.61. The first-order valence-corrected chi connectivity index (χ1v) is 12.0. The van der Waals surface area contributed by atoms with E-state index in [1.807, 2.05) is 0 Å². The van der Waals surface area contributed by atoms with Gasteiger partial charge in [-0.3, -0.25) is 4.79 Å². The molecule has 29 heavy (non-hydrogen) atoms. The molecule has 4 aliphatic carbocycles. The normalized spacial score (nSPS) is 33.8. The second-order valence-corrected chi connectivity index (χ2v) is 11.9. The molecule has 0 spiro atoms. The molecular formula is C21H31BN2O4S. The molecule has 5 rings (SSSR count). The van der Waals surface area contributed by atoms with Gasteiger partial charge in [-0.05, 0) is 69.8 Å². The van der Waals surface area contributed by atoms with Gasteiger partial charge >= 0.3 is 0 Å². The maximum absolute atomic E-state index is 13.3. The van der Waals surface area contributed by atoms with E-state index in [-0.39, 0.29) is 28.7 Å². The first kappa shape index (κ1) is 20.9. The zero-order chi connectivity index (χ0) is 21.2. The summed E-state index contributed by atoms with van der Waals surface area (Å²) in [4.78, 5) is 13.5. The molecule has 158 valence electrons. The number of benzene rings is 1. The Hall–Kier alpha value is -1.38. The van der Waals surface area contributed by atoms with Gasteiger partial charge in [0.25, 0.3) is 0 Å². The molecule has 0 aromatic heterocycles. The highest BCUT2D eigenvalue weighted by Crippen LogP contribution is 2.55. The number of hydrogen-bond donors (Lipinski definition) is 2. The molecule has 4 saturated carbocycles. The van der Waals surface area contributed by atoms with E-state index in [1.165, 1.54) is 11.4 Å². The van der Waals surface area contributed by atoms with Crippen molar-refractivity contribution < 1.29 is 18.3 Å².